The van der Waals surface area contributed by atoms with Crippen molar-refractivity contribution in [3.05, 3.63) is 30.1 Å². The van der Waals surface area contributed by atoms with Gasteiger partial charge >= 0.3 is 0 Å². The SMILES string of the molecule is CC(C)(C)CC(=O)NCCN1CCN(c2ccc(F)cc2)CC1. The number of anilines is 1. The van der Waals surface area contributed by atoms with E-state index in [0.717, 1.165) is 38.4 Å². The molecule has 0 radical (unpaired) electrons. The number of benzene rings is 1. The number of piperazine rings is 1. The topological polar surface area (TPSA) is 35.6 Å². The number of rotatable bonds is 5. The molecular formula is C18H28FN3O. The van der Waals surface area contributed by atoms with E-state index in [9.17, 15) is 9.18 Å². The van der Waals surface area contributed by atoms with Crippen molar-refractivity contribution >= 4 is 11.6 Å². The molecule has 128 valence electrons. The van der Waals surface area contributed by atoms with Crippen LogP contribution < -0.4 is 10.2 Å². The van der Waals surface area contributed by atoms with Crippen LogP contribution >= 0.6 is 0 Å². The van der Waals surface area contributed by atoms with Gasteiger partial charge < -0.3 is 10.2 Å². The van der Waals surface area contributed by atoms with Crippen molar-refractivity contribution in [3.8, 4) is 0 Å². The van der Waals surface area contributed by atoms with Gasteiger partial charge in [-0.15, -0.1) is 0 Å². The second-order valence-electron chi connectivity index (χ2n) is 7.39. The highest BCUT2D eigenvalue weighted by Crippen LogP contribution is 2.18. The summed E-state index contributed by atoms with van der Waals surface area (Å²) >= 11 is 0. The summed E-state index contributed by atoms with van der Waals surface area (Å²) in [6.45, 7) is 11.6. The van der Waals surface area contributed by atoms with Gasteiger partial charge in [0.25, 0.3) is 0 Å². The van der Waals surface area contributed by atoms with E-state index in [0.29, 0.717) is 13.0 Å². The van der Waals surface area contributed by atoms with Crippen molar-refractivity contribution in [3.63, 3.8) is 0 Å². The third-order valence-electron chi connectivity index (χ3n) is 4.01. The zero-order valence-corrected chi connectivity index (χ0v) is 14.4. The first kappa shape index (κ1) is 17.7. The fraction of sp³-hybridized carbons (Fsp3) is 0.611. The van der Waals surface area contributed by atoms with Crippen molar-refractivity contribution in [1.29, 1.82) is 0 Å². The Balaban J connectivity index is 1.67. The highest BCUT2D eigenvalue weighted by molar-refractivity contribution is 5.76. The van der Waals surface area contributed by atoms with Crippen LogP contribution in [0.15, 0.2) is 24.3 Å². The molecule has 1 aliphatic heterocycles. The van der Waals surface area contributed by atoms with E-state index < -0.39 is 0 Å². The third kappa shape index (κ3) is 6.18. The zero-order chi connectivity index (χ0) is 16.9. The molecule has 0 aromatic heterocycles. The highest BCUT2D eigenvalue weighted by Gasteiger charge is 2.18. The number of nitrogens with one attached hydrogen (secondary N) is 1. The van der Waals surface area contributed by atoms with Gasteiger partial charge in [-0.2, -0.15) is 0 Å². The Hall–Kier alpha value is -1.62. The molecule has 0 saturated carbocycles. The van der Waals surface area contributed by atoms with Crippen molar-refractivity contribution in [2.75, 3.05) is 44.2 Å². The second-order valence-corrected chi connectivity index (χ2v) is 7.39. The van der Waals surface area contributed by atoms with Crippen LogP contribution in [0.25, 0.3) is 0 Å². The fourth-order valence-corrected chi connectivity index (χ4v) is 2.78. The molecule has 1 amide bonds. The molecular weight excluding hydrogens is 293 g/mol. The molecule has 1 aliphatic rings. The molecule has 1 heterocycles. The maximum Gasteiger partial charge on any atom is 0.220 e. The maximum absolute atomic E-state index is 13.0. The maximum atomic E-state index is 13.0. The van der Waals surface area contributed by atoms with E-state index in [1.807, 2.05) is 12.1 Å². The minimum absolute atomic E-state index is 0.0326. The lowest BCUT2D eigenvalue weighted by Gasteiger charge is -2.36. The number of carbonyl (C=O) groups is 1. The monoisotopic (exact) mass is 321 g/mol. The van der Waals surface area contributed by atoms with Crippen LogP contribution in [-0.4, -0.2) is 50.1 Å². The van der Waals surface area contributed by atoms with Gasteiger partial charge in [0.1, 0.15) is 5.82 Å². The third-order valence-corrected chi connectivity index (χ3v) is 4.01. The Bertz CT molecular complexity index is 502. The van der Waals surface area contributed by atoms with Gasteiger partial charge in [0.2, 0.25) is 5.91 Å². The van der Waals surface area contributed by atoms with Crippen molar-refractivity contribution in [2.24, 2.45) is 5.41 Å². The number of hydrogen-bond donors (Lipinski definition) is 1. The Morgan fingerprint density at radius 2 is 1.74 bits per heavy atom. The molecule has 2 rings (SSSR count). The summed E-state index contributed by atoms with van der Waals surface area (Å²) in [6, 6.07) is 6.67. The van der Waals surface area contributed by atoms with Crippen LogP contribution in [0.1, 0.15) is 27.2 Å². The molecule has 1 aromatic rings. The van der Waals surface area contributed by atoms with Gasteiger partial charge in [0.05, 0.1) is 0 Å². The van der Waals surface area contributed by atoms with E-state index in [1.54, 1.807) is 0 Å². The Morgan fingerprint density at radius 1 is 1.13 bits per heavy atom. The molecule has 0 bridgehead atoms. The number of halogens is 1. The van der Waals surface area contributed by atoms with E-state index in [4.69, 9.17) is 0 Å². The summed E-state index contributed by atoms with van der Waals surface area (Å²) in [6.07, 6.45) is 0.561. The average Bonchev–Trinajstić information content (AvgIpc) is 2.47. The minimum atomic E-state index is -0.196. The van der Waals surface area contributed by atoms with Crippen LogP contribution in [-0.2, 0) is 4.79 Å². The first-order valence-electron chi connectivity index (χ1n) is 8.33. The van der Waals surface area contributed by atoms with Crippen LogP contribution in [0.5, 0.6) is 0 Å². The first-order chi connectivity index (χ1) is 10.8. The summed E-state index contributed by atoms with van der Waals surface area (Å²) in [5.41, 5.74) is 1.11. The van der Waals surface area contributed by atoms with Crippen molar-refractivity contribution in [1.82, 2.24) is 10.2 Å². The molecule has 0 atom stereocenters. The van der Waals surface area contributed by atoms with Crippen LogP contribution in [0, 0.1) is 11.2 Å². The minimum Gasteiger partial charge on any atom is -0.369 e. The van der Waals surface area contributed by atoms with Crippen molar-refractivity contribution < 1.29 is 9.18 Å². The molecule has 1 N–H and O–H groups in total. The fourth-order valence-electron chi connectivity index (χ4n) is 2.78. The summed E-state index contributed by atoms with van der Waals surface area (Å²) in [4.78, 5) is 16.4. The lowest BCUT2D eigenvalue weighted by Crippen LogP contribution is -2.48. The van der Waals surface area contributed by atoms with Crippen molar-refractivity contribution in [2.45, 2.75) is 27.2 Å². The van der Waals surface area contributed by atoms with E-state index >= 15 is 0 Å². The molecule has 1 fully saturated rings. The first-order valence-corrected chi connectivity index (χ1v) is 8.33. The van der Waals surface area contributed by atoms with E-state index in [2.05, 4.69) is 35.9 Å². The molecule has 1 aromatic carbocycles. The van der Waals surface area contributed by atoms with Crippen LogP contribution in [0.2, 0.25) is 0 Å². The standard InChI is InChI=1S/C18H28FN3O/c1-18(2,3)14-17(23)20-8-9-21-10-12-22(13-11-21)16-6-4-15(19)5-7-16/h4-7H,8-14H2,1-3H3,(H,20,23). The van der Waals surface area contributed by atoms with Gasteiger partial charge in [-0.25, -0.2) is 4.39 Å². The molecule has 0 unspecified atom stereocenters. The smallest absolute Gasteiger partial charge is 0.220 e. The molecule has 1 saturated heterocycles. The lowest BCUT2D eigenvalue weighted by atomic mass is 9.92. The summed E-state index contributed by atoms with van der Waals surface area (Å²) in [5.74, 6) is -0.0687. The molecule has 0 aliphatic carbocycles. The Morgan fingerprint density at radius 3 is 2.30 bits per heavy atom. The van der Waals surface area contributed by atoms with Gasteiger partial charge in [-0.05, 0) is 29.7 Å². The van der Waals surface area contributed by atoms with Gasteiger partial charge in [-0.3, -0.25) is 9.69 Å². The predicted molar refractivity (Wildman–Crippen MR) is 92.1 cm³/mol. The molecule has 5 heteroatoms. The summed E-state index contributed by atoms with van der Waals surface area (Å²) < 4.78 is 13.0. The molecule has 23 heavy (non-hydrogen) atoms. The number of nitrogens with zero attached hydrogens (tertiary/aromatic N) is 2. The normalized spacial score (nSPS) is 16.4. The largest absolute Gasteiger partial charge is 0.369 e. The zero-order valence-electron chi connectivity index (χ0n) is 14.4. The molecule has 0 spiro atoms. The summed E-state index contributed by atoms with van der Waals surface area (Å²) in [5, 5.41) is 3.00. The number of carbonyl (C=O) groups excluding carboxylic acids is 1. The highest BCUT2D eigenvalue weighted by atomic mass is 19.1. The molecule has 4 nitrogen and oxygen atoms in total. The Kier molecular flexibility index (Phi) is 5.99. The van der Waals surface area contributed by atoms with Gasteiger partial charge in [0.15, 0.2) is 0 Å². The average molecular weight is 321 g/mol. The van der Waals surface area contributed by atoms with Gasteiger partial charge in [-0.1, -0.05) is 20.8 Å². The van der Waals surface area contributed by atoms with Gasteiger partial charge in [0, 0.05) is 51.4 Å². The van der Waals surface area contributed by atoms with Crippen LogP contribution in [0.3, 0.4) is 0 Å². The lowest BCUT2D eigenvalue weighted by molar-refractivity contribution is -0.122. The number of amides is 1. The predicted octanol–water partition coefficient (Wildman–Crippen LogP) is 2.50. The van der Waals surface area contributed by atoms with E-state index in [1.165, 1.54) is 12.1 Å². The summed E-state index contributed by atoms with van der Waals surface area (Å²) in [7, 11) is 0. The quantitative estimate of drug-likeness (QED) is 0.905. The second kappa shape index (κ2) is 7.77. The Labute approximate surface area is 138 Å². The number of hydrogen-bond acceptors (Lipinski definition) is 3. The van der Waals surface area contributed by atoms with E-state index in [-0.39, 0.29) is 17.1 Å². The van der Waals surface area contributed by atoms with Crippen LogP contribution in [0.4, 0.5) is 10.1 Å².